The molecule has 5 heteroatoms. The van der Waals surface area contributed by atoms with Gasteiger partial charge in [0.1, 0.15) is 0 Å². The lowest BCUT2D eigenvalue weighted by molar-refractivity contribution is 0.0751. The minimum absolute atomic E-state index is 0.00186. The van der Waals surface area contributed by atoms with E-state index >= 15 is 0 Å². The average molecular weight is 353 g/mol. The molecule has 1 aromatic carbocycles. The number of amides is 1. The molecule has 0 aliphatic carbocycles. The molecule has 2 aromatic rings. The molecule has 138 valence electrons. The van der Waals surface area contributed by atoms with Gasteiger partial charge in [-0.25, -0.2) is 0 Å². The van der Waals surface area contributed by atoms with E-state index in [1.54, 1.807) is 0 Å². The zero-order valence-electron chi connectivity index (χ0n) is 15.3. The molecule has 3 heterocycles. The van der Waals surface area contributed by atoms with Gasteiger partial charge in [-0.2, -0.15) is 0 Å². The number of hydrogen-bond donors (Lipinski definition) is 0. The Hall–Kier alpha value is -2.14. The van der Waals surface area contributed by atoms with Crippen LogP contribution in [-0.2, 0) is 6.42 Å². The number of nitrogens with zero attached hydrogens (tertiary/aromatic N) is 3. The number of carbonyl (C=O) groups excluding carboxylic acids is 1. The summed E-state index contributed by atoms with van der Waals surface area (Å²) in [5.41, 5.74) is 2.33. The van der Waals surface area contributed by atoms with Crippen molar-refractivity contribution in [2.75, 3.05) is 32.7 Å². The topological polar surface area (TPSA) is 49.6 Å². The van der Waals surface area contributed by atoms with E-state index in [0.717, 1.165) is 64.1 Å². The van der Waals surface area contributed by atoms with Crippen LogP contribution in [0.2, 0.25) is 0 Å². The second-order valence-corrected chi connectivity index (χ2v) is 7.49. The third kappa shape index (κ3) is 3.98. The molecular weight excluding hydrogens is 326 g/mol. The molecule has 4 rings (SSSR count). The Kier molecular flexibility index (Phi) is 5.34. The molecule has 1 aromatic heterocycles. The molecule has 5 nitrogen and oxygen atoms in total. The van der Waals surface area contributed by atoms with Gasteiger partial charge in [0, 0.05) is 38.2 Å². The van der Waals surface area contributed by atoms with E-state index in [9.17, 15) is 4.79 Å². The second-order valence-electron chi connectivity index (χ2n) is 7.49. The third-order valence-corrected chi connectivity index (χ3v) is 5.62. The molecular formula is C21H27N3O2. The first-order chi connectivity index (χ1) is 12.8. The Bertz CT molecular complexity index is 722. The van der Waals surface area contributed by atoms with Crippen LogP contribution < -0.4 is 0 Å². The van der Waals surface area contributed by atoms with Crippen molar-refractivity contribution in [2.45, 2.75) is 38.0 Å². The molecule has 1 unspecified atom stereocenters. The van der Waals surface area contributed by atoms with Crippen LogP contribution in [0.15, 0.2) is 40.9 Å². The lowest BCUT2D eigenvalue weighted by atomic mass is 9.94. The van der Waals surface area contributed by atoms with Crippen LogP contribution in [0.1, 0.15) is 53.4 Å². The molecule has 0 bridgehead atoms. The highest BCUT2D eigenvalue weighted by molar-refractivity contribution is 5.91. The van der Waals surface area contributed by atoms with Crippen molar-refractivity contribution in [2.24, 2.45) is 0 Å². The highest BCUT2D eigenvalue weighted by Crippen LogP contribution is 2.27. The van der Waals surface area contributed by atoms with E-state index in [0.29, 0.717) is 11.7 Å². The molecule has 26 heavy (non-hydrogen) atoms. The average Bonchev–Trinajstić information content (AvgIpc) is 3.39. The Balaban J connectivity index is 1.35. The molecule has 2 fully saturated rings. The van der Waals surface area contributed by atoms with Gasteiger partial charge in [-0.3, -0.25) is 4.79 Å². The predicted octanol–water partition coefficient (Wildman–Crippen LogP) is 3.33. The maximum atomic E-state index is 12.4. The summed E-state index contributed by atoms with van der Waals surface area (Å²) in [5.74, 6) is 0.768. The Morgan fingerprint density at radius 2 is 1.92 bits per heavy atom. The monoisotopic (exact) mass is 353 g/mol. The number of carbonyl (C=O) groups is 1. The van der Waals surface area contributed by atoms with E-state index in [2.05, 4.69) is 40.4 Å². The van der Waals surface area contributed by atoms with Crippen LogP contribution >= 0.6 is 0 Å². The van der Waals surface area contributed by atoms with E-state index in [1.807, 2.05) is 11.0 Å². The van der Waals surface area contributed by atoms with Gasteiger partial charge in [-0.1, -0.05) is 35.5 Å². The van der Waals surface area contributed by atoms with Crippen molar-refractivity contribution in [3.05, 3.63) is 53.4 Å². The first-order valence-electron chi connectivity index (χ1n) is 9.82. The minimum Gasteiger partial charge on any atom is -0.351 e. The molecule has 2 saturated heterocycles. The SMILES string of the molecule is O=C(c1cc(C2CCCN(CCc3ccccc3)C2)no1)N1CCCC1. The number of hydrogen-bond acceptors (Lipinski definition) is 4. The molecule has 0 N–H and O–H groups in total. The van der Waals surface area contributed by atoms with Crippen LogP contribution in [0.5, 0.6) is 0 Å². The van der Waals surface area contributed by atoms with Gasteiger partial charge in [-0.15, -0.1) is 0 Å². The van der Waals surface area contributed by atoms with Crippen molar-refractivity contribution in [1.29, 1.82) is 0 Å². The van der Waals surface area contributed by atoms with Gasteiger partial charge >= 0.3 is 0 Å². The van der Waals surface area contributed by atoms with Crippen LogP contribution in [-0.4, -0.2) is 53.6 Å². The molecule has 0 spiro atoms. The highest BCUT2D eigenvalue weighted by atomic mass is 16.5. The van der Waals surface area contributed by atoms with Crippen molar-refractivity contribution in [1.82, 2.24) is 15.0 Å². The Morgan fingerprint density at radius 1 is 1.12 bits per heavy atom. The largest absolute Gasteiger partial charge is 0.351 e. The van der Waals surface area contributed by atoms with Crippen LogP contribution in [0.3, 0.4) is 0 Å². The summed E-state index contributed by atoms with van der Waals surface area (Å²) < 4.78 is 5.40. The van der Waals surface area contributed by atoms with Crippen molar-refractivity contribution in [3.8, 4) is 0 Å². The molecule has 0 radical (unpaired) electrons. The molecule has 2 aliphatic rings. The maximum Gasteiger partial charge on any atom is 0.292 e. The quantitative estimate of drug-likeness (QED) is 0.827. The van der Waals surface area contributed by atoms with Crippen LogP contribution in [0, 0.1) is 0 Å². The fourth-order valence-electron chi connectivity index (χ4n) is 4.09. The van der Waals surface area contributed by atoms with Gasteiger partial charge in [0.15, 0.2) is 0 Å². The van der Waals surface area contributed by atoms with E-state index < -0.39 is 0 Å². The van der Waals surface area contributed by atoms with Gasteiger partial charge in [-0.05, 0) is 44.2 Å². The number of piperidine rings is 1. The Labute approximate surface area is 155 Å². The number of likely N-dealkylation sites (tertiary alicyclic amines) is 2. The Morgan fingerprint density at radius 3 is 2.73 bits per heavy atom. The summed E-state index contributed by atoms with van der Waals surface area (Å²) in [6.45, 7) is 4.88. The predicted molar refractivity (Wildman–Crippen MR) is 100 cm³/mol. The second kappa shape index (κ2) is 8.04. The van der Waals surface area contributed by atoms with Gasteiger partial charge in [0.2, 0.25) is 5.76 Å². The van der Waals surface area contributed by atoms with E-state index in [1.165, 1.54) is 12.0 Å². The molecule has 2 aliphatic heterocycles. The smallest absolute Gasteiger partial charge is 0.292 e. The zero-order valence-corrected chi connectivity index (χ0v) is 15.3. The zero-order chi connectivity index (χ0) is 17.8. The molecule has 1 amide bonds. The number of aromatic nitrogens is 1. The van der Waals surface area contributed by atoms with Crippen molar-refractivity contribution < 1.29 is 9.32 Å². The third-order valence-electron chi connectivity index (χ3n) is 5.62. The van der Waals surface area contributed by atoms with Crippen LogP contribution in [0.4, 0.5) is 0 Å². The minimum atomic E-state index is -0.00186. The van der Waals surface area contributed by atoms with Crippen molar-refractivity contribution in [3.63, 3.8) is 0 Å². The standard InChI is InChI=1S/C21H27N3O2/c25-21(24-12-4-5-13-24)20-15-19(22-26-20)18-9-6-11-23(16-18)14-10-17-7-2-1-3-8-17/h1-3,7-8,15,18H,4-6,9-14,16H2. The lowest BCUT2D eigenvalue weighted by Crippen LogP contribution is -2.35. The lowest BCUT2D eigenvalue weighted by Gasteiger charge is -2.31. The van der Waals surface area contributed by atoms with Gasteiger partial charge in [0.05, 0.1) is 5.69 Å². The van der Waals surface area contributed by atoms with Crippen LogP contribution in [0.25, 0.3) is 0 Å². The fourth-order valence-corrected chi connectivity index (χ4v) is 4.09. The summed E-state index contributed by atoms with van der Waals surface area (Å²) in [7, 11) is 0. The highest BCUT2D eigenvalue weighted by Gasteiger charge is 2.27. The summed E-state index contributed by atoms with van der Waals surface area (Å²) >= 11 is 0. The normalized spacial score (nSPS) is 21.2. The summed E-state index contributed by atoms with van der Waals surface area (Å²) in [6.07, 6.45) is 5.54. The number of rotatable bonds is 5. The molecule has 0 saturated carbocycles. The first kappa shape index (κ1) is 17.3. The fraction of sp³-hybridized carbons (Fsp3) is 0.524. The summed E-state index contributed by atoms with van der Waals surface area (Å²) in [4.78, 5) is 16.8. The first-order valence-corrected chi connectivity index (χ1v) is 9.82. The van der Waals surface area contributed by atoms with E-state index in [4.69, 9.17) is 4.52 Å². The summed E-state index contributed by atoms with van der Waals surface area (Å²) in [5, 5.41) is 4.24. The summed E-state index contributed by atoms with van der Waals surface area (Å²) in [6, 6.07) is 12.5. The maximum absolute atomic E-state index is 12.4. The van der Waals surface area contributed by atoms with Gasteiger partial charge in [0.25, 0.3) is 5.91 Å². The van der Waals surface area contributed by atoms with Crippen molar-refractivity contribution >= 4 is 5.91 Å². The number of benzene rings is 1. The van der Waals surface area contributed by atoms with Gasteiger partial charge < -0.3 is 14.3 Å². The molecule has 1 atom stereocenters. The van der Waals surface area contributed by atoms with E-state index in [-0.39, 0.29) is 5.91 Å².